The first-order chi connectivity index (χ1) is 6.79. The van der Waals surface area contributed by atoms with Crippen LogP contribution >= 0.6 is 11.6 Å². The largest absolute Gasteiger partial charge is 0.481 e. The average Bonchev–Trinajstić information content (AvgIpc) is 3.01. The number of methoxy groups -OCH3 is 1. The minimum atomic E-state index is 0.280. The molecule has 2 rings (SSSR count). The number of aromatic nitrogens is 1. The van der Waals surface area contributed by atoms with E-state index in [0.717, 1.165) is 12.3 Å². The van der Waals surface area contributed by atoms with Crippen molar-refractivity contribution >= 4 is 11.6 Å². The lowest BCUT2D eigenvalue weighted by atomic mass is 10.1. The summed E-state index contributed by atoms with van der Waals surface area (Å²) in [5.41, 5.74) is 1.21. The van der Waals surface area contributed by atoms with Crippen molar-refractivity contribution in [2.24, 2.45) is 5.92 Å². The van der Waals surface area contributed by atoms with E-state index in [9.17, 15) is 0 Å². The van der Waals surface area contributed by atoms with Crippen molar-refractivity contribution in [3.05, 3.63) is 23.9 Å². The van der Waals surface area contributed by atoms with Gasteiger partial charge in [-0.25, -0.2) is 4.98 Å². The number of hydrogen-bond acceptors (Lipinski definition) is 2. The van der Waals surface area contributed by atoms with Crippen LogP contribution in [0.25, 0.3) is 0 Å². The zero-order chi connectivity index (χ0) is 9.97. The molecule has 0 N–H and O–H groups in total. The van der Waals surface area contributed by atoms with Crippen molar-refractivity contribution in [1.29, 1.82) is 0 Å². The van der Waals surface area contributed by atoms with Gasteiger partial charge in [0.25, 0.3) is 0 Å². The van der Waals surface area contributed by atoms with E-state index in [1.807, 2.05) is 12.1 Å². The molecule has 1 heterocycles. The number of pyridine rings is 1. The summed E-state index contributed by atoms with van der Waals surface area (Å²) in [6.07, 6.45) is 5.27. The Morgan fingerprint density at radius 1 is 1.64 bits per heavy atom. The Kier molecular flexibility index (Phi) is 2.92. The van der Waals surface area contributed by atoms with Crippen LogP contribution in [0.5, 0.6) is 5.88 Å². The van der Waals surface area contributed by atoms with E-state index < -0.39 is 0 Å². The van der Waals surface area contributed by atoms with E-state index in [1.165, 1.54) is 18.4 Å². The van der Waals surface area contributed by atoms with Gasteiger partial charge >= 0.3 is 0 Å². The predicted molar refractivity (Wildman–Crippen MR) is 56.9 cm³/mol. The molecule has 0 saturated heterocycles. The fraction of sp³-hybridized carbons (Fsp3) is 0.545. The van der Waals surface area contributed by atoms with Gasteiger partial charge in [0, 0.05) is 17.6 Å². The molecular formula is C11H14ClNO. The molecule has 1 aliphatic carbocycles. The second-order valence-corrected chi connectivity index (χ2v) is 4.32. The summed E-state index contributed by atoms with van der Waals surface area (Å²) in [4.78, 5) is 4.06. The molecule has 0 bridgehead atoms. The summed E-state index contributed by atoms with van der Waals surface area (Å²) in [7, 11) is 1.63. The molecule has 1 aromatic rings. The molecule has 3 heteroatoms. The third kappa shape index (κ3) is 2.38. The topological polar surface area (TPSA) is 22.1 Å². The standard InChI is InChI=1S/C11H14ClNO/c1-14-11-7-8(4-5-13-11)6-10(12)9-2-3-9/h4-5,7,9-10H,2-3,6H2,1H3. The second-order valence-electron chi connectivity index (χ2n) is 3.76. The van der Waals surface area contributed by atoms with Crippen LogP contribution in [-0.2, 0) is 6.42 Å². The summed E-state index contributed by atoms with van der Waals surface area (Å²) >= 11 is 6.25. The highest BCUT2D eigenvalue weighted by atomic mass is 35.5. The number of alkyl halides is 1. The van der Waals surface area contributed by atoms with Gasteiger partial charge in [0.15, 0.2) is 0 Å². The summed E-state index contributed by atoms with van der Waals surface area (Å²) in [6, 6.07) is 3.96. The summed E-state index contributed by atoms with van der Waals surface area (Å²) in [5, 5.41) is 0.280. The van der Waals surface area contributed by atoms with E-state index in [4.69, 9.17) is 16.3 Å². The summed E-state index contributed by atoms with van der Waals surface area (Å²) in [5.74, 6) is 1.40. The van der Waals surface area contributed by atoms with Gasteiger partial charge in [-0.3, -0.25) is 0 Å². The Morgan fingerprint density at radius 3 is 3.07 bits per heavy atom. The molecule has 76 valence electrons. The van der Waals surface area contributed by atoms with Crippen molar-refractivity contribution < 1.29 is 4.74 Å². The van der Waals surface area contributed by atoms with E-state index in [0.29, 0.717) is 5.88 Å². The molecule has 1 aliphatic rings. The van der Waals surface area contributed by atoms with E-state index in [2.05, 4.69) is 4.98 Å². The zero-order valence-corrected chi connectivity index (χ0v) is 9.00. The highest BCUT2D eigenvalue weighted by Gasteiger charge is 2.29. The van der Waals surface area contributed by atoms with Gasteiger partial charge in [0.1, 0.15) is 0 Å². The van der Waals surface area contributed by atoms with Crippen molar-refractivity contribution in [2.75, 3.05) is 7.11 Å². The number of halogens is 1. The highest BCUT2D eigenvalue weighted by molar-refractivity contribution is 6.21. The number of rotatable bonds is 4. The Morgan fingerprint density at radius 2 is 2.43 bits per heavy atom. The Balaban J connectivity index is 2.00. The fourth-order valence-electron chi connectivity index (χ4n) is 1.54. The van der Waals surface area contributed by atoms with Crippen LogP contribution in [0.15, 0.2) is 18.3 Å². The maximum Gasteiger partial charge on any atom is 0.213 e. The molecule has 1 saturated carbocycles. The van der Waals surface area contributed by atoms with Crippen LogP contribution in [0.2, 0.25) is 0 Å². The first-order valence-corrected chi connectivity index (χ1v) is 5.36. The number of nitrogens with zero attached hydrogens (tertiary/aromatic N) is 1. The third-order valence-electron chi connectivity index (χ3n) is 2.57. The zero-order valence-electron chi connectivity index (χ0n) is 8.24. The molecular weight excluding hydrogens is 198 g/mol. The van der Waals surface area contributed by atoms with Crippen LogP contribution < -0.4 is 4.74 Å². The first kappa shape index (κ1) is 9.78. The van der Waals surface area contributed by atoms with Crippen molar-refractivity contribution in [3.63, 3.8) is 0 Å². The Labute approximate surface area is 89.3 Å². The molecule has 1 aromatic heterocycles. The lowest BCUT2D eigenvalue weighted by Gasteiger charge is -2.08. The molecule has 0 aliphatic heterocycles. The molecule has 14 heavy (non-hydrogen) atoms. The van der Waals surface area contributed by atoms with E-state index in [1.54, 1.807) is 13.3 Å². The molecule has 1 unspecified atom stereocenters. The monoisotopic (exact) mass is 211 g/mol. The first-order valence-electron chi connectivity index (χ1n) is 4.92. The van der Waals surface area contributed by atoms with Crippen molar-refractivity contribution in [3.8, 4) is 5.88 Å². The normalized spacial score (nSPS) is 17.9. The van der Waals surface area contributed by atoms with Gasteiger partial charge in [0.05, 0.1) is 7.11 Å². The van der Waals surface area contributed by atoms with Gasteiger partial charge < -0.3 is 4.74 Å². The van der Waals surface area contributed by atoms with Crippen LogP contribution in [0, 0.1) is 5.92 Å². The number of ether oxygens (including phenoxy) is 1. The lowest BCUT2D eigenvalue weighted by molar-refractivity contribution is 0.397. The molecule has 0 radical (unpaired) electrons. The van der Waals surface area contributed by atoms with Gasteiger partial charge in [-0.15, -0.1) is 11.6 Å². The van der Waals surface area contributed by atoms with E-state index in [-0.39, 0.29) is 5.38 Å². The van der Waals surface area contributed by atoms with Crippen molar-refractivity contribution in [1.82, 2.24) is 4.98 Å². The maximum absolute atomic E-state index is 6.25. The molecule has 2 nitrogen and oxygen atoms in total. The molecule has 1 atom stereocenters. The maximum atomic E-state index is 6.25. The highest BCUT2D eigenvalue weighted by Crippen LogP contribution is 2.37. The van der Waals surface area contributed by atoms with Gasteiger partial charge in [0.2, 0.25) is 5.88 Å². The Hall–Kier alpha value is -0.760. The predicted octanol–water partition coefficient (Wildman–Crippen LogP) is 2.65. The van der Waals surface area contributed by atoms with Gasteiger partial charge in [-0.1, -0.05) is 0 Å². The molecule has 0 spiro atoms. The smallest absolute Gasteiger partial charge is 0.213 e. The number of hydrogen-bond donors (Lipinski definition) is 0. The van der Waals surface area contributed by atoms with Crippen LogP contribution in [0.1, 0.15) is 18.4 Å². The van der Waals surface area contributed by atoms with Crippen molar-refractivity contribution in [2.45, 2.75) is 24.6 Å². The quantitative estimate of drug-likeness (QED) is 0.715. The third-order valence-corrected chi connectivity index (χ3v) is 3.08. The van der Waals surface area contributed by atoms with E-state index >= 15 is 0 Å². The van der Waals surface area contributed by atoms with Crippen LogP contribution in [-0.4, -0.2) is 17.5 Å². The minimum Gasteiger partial charge on any atom is -0.481 e. The average molecular weight is 212 g/mol. The Bertz CT molecular complexity index is 312. The van der Waals surface area contributed by atoms with Gasteiger partial charge in [-0.05, 0) is 36.8 Å². The molecule has 1 fully saturated rings. The second kappa shape index (κ2) is 4.18. The molecule has 0 aromatic carbocycles. The lowest BCUT2D eigenvalue weighted by Crippen LogP contribution is -2.05. The SMILES string of the molecule is COc1cc(CC(Cl)C2CC2)ccn1. The fourth-order valence-corrected chi connectivity index (χ4v) is 1.97. The minimum absolute atomic E-state index is 0.280. The summed E-state index contributed by atoms with van der Waals surface area (Å²) in [6.45, 7) is 0. The molecule has 0 amide bonds. The van der Waals surface area contributed by atoms with Gasteiger partial charge in [-0.2, -0.15) is 0 Å². The van der Waals surface area contributed by atoms with Crippen LogP contribution in [0.4, 0.5) is 0 Å². The van der Waals surface area contributed by atoms with Crippen LogP contribution in [0.3, 0.4) is 0 Å². The summed E-state index contributed by atoms with van der Waals surface area (Å²) < 4.78 is 5.06.